The van der Waals surface area contributed by atoms with Gasteiger partial charge in [-0.3, -0.25) is 0 Å². The highest BCUT2D eigenvalue weighted by Crippen LogP contribution is 2.41. The Morgan fingerprint density at radius 3 is 1.76 bits per heavy atom. The van der Waals surface area contributed by atoms with Gasteiger partial charge in [-0.1, -0.05) is 145 Å². The Morgan fingerprint density at radius 2 is 1.00 bits per heavy atom. The fourth-order valence-electron chi connectivity index (χ4n) is 6.89. The van der Waals surface area contributed by atoms with E-state index in [2.05, 4.69) is 48.5 Å². The first-order chi connectivity index (χ1) is 27.3. The monoisotopic (exact) mass is 656 g/mol. The molecule has 0 saturated carbocycles. The Morgan fingerprint density at radius 1 is 0.392 bits per heavy atom. The van der Waals surface area contributed by atoms with Crippen molar-refractivity contribution in [1.82, 2.24) is 15.0 Å². The molecule has 238 valence electrons. The van der Waals surface area contributed by atoms with Crippen LogP contribution in [0.2, 0.25) is 0 Å². The highest BCUT2D eigenvalue weighted by Gasteiger charge is 2.18. The van der Waals surface area contributed by atoms with Gasteiger partial charge in [-0.25, -0.2) is 15.0 Å². The van der Waals surface area contributed by atoms with Gasteiger partial charge in [0.25, 0.3) is 0 Å². The van der Waals surface area contributed by atoms with Gasteiger partial charge in [-0.05, 0) is 68.6 Å². The van der Waals surface area contributed by atoms with E-state index >= 15 is 0 Å². The Hall–Kier alpha value is -6.91. The molecule has 2 aromatic heterocycles. The lowest BCUT2D eigenvalue weighted by Crippen LogP contribution is -2.00. The van der Waals surface area contributed by atoms with Gasteiger partial charge in [0.2, 0.25) is 0 Å². The van der Waals surface area contributed by atoms with Gasteiger partial charge in [0.05, 0.1) is 6.85 Å². The summed E-state index contributed by atoms with van der Waals surface area (Å²) < 4.78 is 49.3. The third-order valence-electron chi connectivity index (χ3n) is 9.38. The third-order valence-corrected chi connectivity index (χ3v) is 9.38. The molecule has 0 saturated heterocycles. The lowest BCUT2D eigenvalue weighted by Gasteiger charge is -2.10. The van der Waals surface area contributed by atoms with Crippen molar-refractivity contribution in [3.05, 3.63) is 176 Å². The van der Waals surface area contributed by atoms with Crippen molar-refractivity contribution in [2.45, 2.75) is 0 Å². The third kappa shape index (κ3) is 5.13. The van der Waals surface area contributed by atoms with Gasteiger partial charge in [0.1, 0.15) is 11.2 Å². The van der Waals surface area contributed by atoms with Crippen LogP contribution in [-0.4, -0.2) is 15.0 Å². The molecule has 0 fully saturated rings. The molecular weight excluding hydrogens is 623 g/mol. The molecular formula is C47H29N3O. The number of hydrogen-bond donors (Lipinski definition) is 0. The van der Waals surface area contributed by atoms with E-state index in [1.807, 2.05) is 97.1 Å². The number of nitrogens with zero attached hydrogens (tertiary/aromatic N) is 3. The van der Waals surface area contributed by atoms with Crippen molar-refractivity contribution < 1.29 is 11.3 Å². The molecule has 0 aliphatic heterocycles. The molecule has 10 aromatic rings. The second-order valence-electron chi connectivity index (χ2n) is 12.5. The van der Waals surface area contributed by atoms with Crippen LogP contribution in [0.3, 0.4) is 0 Å². The van der Waals surface area contributed by atoms with Crippen molar-refractivity contribution in [2.24, 2.45) is 0 Å². The fourth-order valence-corrected chi connectivity index (χ4v) is 6.89. The first-order valence-corrected chi connectivity index (χ1v) is 16.7. The predicted molar refractivity (Wildman–Crippen MR) is 209 cm³/mol. The van der Waals surface area contributed by atoms with Gasteiger partial charge in [0, 0.05) is 33.0 Å². The Labute approximate surface area is 301 Å². The summed E-state index contributed by atoms with van der Waals surface area (Å²) in [5.74, 6) is 1.53. The zero-order valence-electron chi connectivity index (χ0n) is 32.1. The average Bonchev–Trinajstić information content (AvgIpc) is 3.63. The first kappa shape index (κ1) is 24.3. The molecule has 8 aromatic carbocycles. The van der Waals surface area contributed by atoms with Crippen LogP contribution in [0.5, 0.6) is 0 Å². The molecule has 4 heteroatoms. The molecule has 0 amide bonds. The number of benzene rings is 8. The van der Waals surface area contributed by atoms with Crippen LogP contribution in [0, 0.1) is 0 Å². The van der Waals surface area contributed by atoms with E-state index in [1.54, 1.807) is 0 Å². The van der Waals surface area contributed by atoms with Crippen molar-refractivity contribution in [1.29, 1.82) is 0 Å². The van der Waals surface area contributed by atoms with Gasteiger partial charge >= 0.3 is 0 Å². The lowest BCUT2D eigenvalue weighted by atomic mass is 9.95. The molecule has 0 spiro atoms. The molecule has 2 heterocycles. The van der Waals surface area contributed by atoms with Crippen molar-refractivity contribution in [3.8, 4) is 56.4 Å². The molecule has 0 atom stereocenters. The highest BCUT2D eigenvalue weighted by atomic mass is 16.3. The molecule has 0 bridgehead atoms. The van der Waals surface area contributed by atoms with Crippen LogP contribution in [0.1, 0.15) is 6.85 Å². The van der Waals surface area contributed by atoms with Gasteiger partial charge in [-0.15, -0.1) is 0 Å². The predicted octanol–water partition coefficient (Wildman–Crippen LogP) is 12.4. The van der Waals surface area contributed by atoms with Crippen LogP contribution in [-0.2, 0) is 0 Å². The van der Waals surface area contributed by atoms with Crippen LogP contribution < -0.4 is 0 Å². The maximum absolute atomic E-state index is 8.83. The Balaban J connectivity index is 1.18. The molecule has 4 nitrogen and oxygen atoms in total. The quantitative estimate of drug-likeness (QED) is 0.173. The summed E-state index contributed by atoms with van der Waals surface area (Å²) in [6.07, 6.45) is 0. The summed E-state index contributed by atoms with van der Waals surface area (Å²) in [6, 6.07) is 46.3. The first-order valence-electron chi connectivity index (χ1n) is 19.2. The van der Waals surface area contributed by atoms with E-state index in [1.165, 1.54) is 10.8 Å². The topological polar surface area (TPSA) is 51.8 Å². The number of furan rings is 1. The summed E-state index contributed by atoms with van der Waals surface area (Å²) in [5, 5.41) is 6.15. The van der Waals surface area contributed by atoms with E-state index in [9.17, 15) is 0 Å². The second kappa shape index (κ2) is 11.9. The van der Waals surface area contributed by atoms with Crippen LogP contribution >= 0.6 is 0 Å². The molecule has 0 aliphatic rings. The Bertz CT molecular complexity index is 3170. The average molecular weight is 657 g/mol. The normalized spacial score (nSPS) is 12.9. The smallest absolute Gasteiger partial charge is 0.164 e. The summed E-state index contributed by atoms with van der Waals surface area (Å²) in [5.41, 5.74) is 5.60. The second-order valence-corrected chi connectivity index (χ2v) is 12.5. The zero-order chi connectivity index (χ0) is 38.1. The fraction of sp³-hybridized carbons (Fsp3) is 0. The molecule has 51 heavy (non-hydrogen) atoms. The maximum atomic E-state index is 8.83. The minimum absolute atomic E-state index is 0.0797. The zero-order valence-corrected chi connectivity index (χ0v) is 27.1. The highest BCUT2D eigenvalue weighted by molar-refractivity contribution is 6.12. The summed E-state index contributed by atoms with van der Waals surface area (Å²) >= 11 is 0. The number of aromatic nitrogens is 3. The van der Waals surface area contributed by atoms with Gasteiger partial charge in [-0.2, -0.15) is 0 Å². The van der Waals surface area contributed by atoms with Gasteiger partial charge in [0.15, 0.2) is 17.5 Å². The van der Waals surface area contributed by atoms with Crippen molar-refractivity contribution in [3.63, 3.8) is 0 Å². The van der Waals surface area contributed by atoms with Crippen LogP contribution in [0.4, 0.5) is 0 Å². The number of fused-ring (bicyclic) bond motifs is 6. The summed E-state index contributed by atoms with van der Waals surface area (Å²) in [6.45, 7) is 0. The Kier molecular flexibility index (Phi) is 5.66. The van der Waals surface area contributed by atoms with Crippen molar-refractivity contribution in [2.75, 3.05) is 0 Å². The SMILES string of the molecule is [2H]c1c([2H])c([2H])c(-c2cc(-c3ccccc3)cc3c2oc2cc(-c4nc(-c5ccccc5)nc(-c5ccc6c(ccc7ccccc76)c5)n4)ccc23)c([2H])c1[2H]. The van der Waals surface area contributed by atoms with E-state index in [-0.39, 0.29) is 17.6 Å². The number of rotatable bonds is 5. The van der Waals surface area contributed by atoms with E-state index in [0.29, 0.717) is 39.8 Å². The molecule has 0 radical (unpaired) electrons. The van der Waals surface area contributed by atoms with Crippen LogP contribution in [0.15, 0.2) is 180 Å². The maximum Gasteiger partial charge on any atom is 0.164 e. The van der Waals surface area contributed by atoms with Crippen molar-refractivity contribution >= 4 is 43.5 Å². The molecule has 0 aliphatic carbocycles. The van der Waals surface area contributed by atoms with E-state index in [4.69, 9.17) is 26.2 Å². The summed E-state index contributed by atoms with van der Waals surface area (Å²) in [7, 11) is 0. The molecule has 0 N–H and O–H groups in total. The number of hydrogen-bond acceptors (Lipinski definition) is 4. The summed E-state index contributed by atoms with van der Waals surface area (Å²) in [4.78, 5) is 14.9. The minimum atomic E-state index is -0.447. The standard InChI is InChI=1S/C47H29N3O/c1-4-12-30(13-5-1)37-27-41(31-14-6-2-7-15-31)44-42(28-37)40-25-23-36(29-43(40)51-44)47-49-45(33-17-8-3-9-18-33)48-46(50-47)35-22-24-39-34(26-35)21-20-32-16-10-11-19-38(32)39/h1-29H/i2D,6D,7D,14D,15D. The van der Waals surface area contributed by atoms with E-state index < -0.39 is 18.1 Å². The van der Waals surface area contributed by atoms with Crippen LogP contribution in [0.25, 0.3) is 99.9 Å². The minimum Gasteiger partial charge on any atom is -0.455 e. The lowest BCUT2D eigenvalue weighted by molar-refractivity contribution is 0.670. The van der Waals surface area contributed by atoms with Gasteiger partial charge < -0.3 is 4.42 Å². The molecule has 10 rings (SSSR count). The molecule has 0 unspecified atom stereocenters. The van der Waals surface area contributed by atoms with E-state index in [0.717, 1.165) is 43.8 Å². The largest absolute Gasteiger partial charge is 0.455 e.